The third kappa shape index (κ3) is 8.16. The number of rotatable bonds is 12. The van der Waals surface area contributed by atoms with Gasteiger partial charge in [-0.3, -0.25) is 9.78 Å². The average Bonchev–Trinajstić information content (AvgIpc) is 2.79. The Kier molecular flexibility index (Phi) is 8.97. The maximum Gasteiger partial charge on any atom is 0.255 e. The Morgan fingerprint density at radius 3 is 2.65 bits per heavy atom. The maximum atomic E-state index is 12.3. The molecule has 0 unspecified atom stereocenters. The molecule has 0 aliphatic rings. The van der Waals surface area contributed by atoms with Crippen molar-refractivity contribution < 1.29 is 9.53 Å². The van der Waals surface area contributed by atoms with Gasteiger partial charge in [-0.25, -0.2) is 4.98 Å². The number of carbonyl (C=O) groups excluding carboxylic acids is 1. The van der Waals surface area contributed by atoms with E-state index >= 15 is 0 Å². The minimum absolute atomic E-state index is 0.171. The lowest BCUT2D eigenvalue weighted by Gasteiger charge is -2.08. The molecular formula is C24H29N5O2. The molecule has 7 nitrogen and oxygen atoms in total. The summed E-state index contributed by atoms with van der Waals surface area (Å²) < 4.78 is 5.67. The third-order valence-electron chi connectivity index (χ3n) is 4.72. The smallest absolute Gasteiger partial charge is 0.255 e. The third-order valence-corrected chi connectivity index (χ3v) is 4.72. The van der Waals surface area contributed by atoms with Gasteiger partial charge in [0.1, 0.15) is 5.82 Å². The lowest BCUT2D eigenvalue weighted by molar-refractivity contribution is 0.102. The molecule has 2 aromatic heterocycles. The number of amides is 1. The Hall–Kier alpha value is -3.29. The second-order valence-corrected chi connectivity index (χ2v) is 7.27. The van der Waals surface area contributed by atoms with E-state index in [0.29, 0.717) is 23.7 Å². The molecule has 0 fully saturated rings. The summed E-state index contributed by atoms with van der Waals surface area (Å²) in [5.41, 5.74) is 9.12. The lowest BCUT2D eigenvalue weighted by atomic mass is 10.1. The molecule has 0 radical (unpaired) electrons. The van der Waals surface area contributed by atoms with Crippen LogP contribution in [0.25, 0.3) is 0 Å². The first kappa shape index (κ1) is 22.4. The van der Waals surface area contributed by atoms with Crippen LogP contribution in [-0.4, -0.2) is 29.0 Å². The number of ether oxygens (including phenoxy) is 1. The topological polar surface area (TPSA) is 102 Å². The highest BCUT2D eigenvalue weighted by atomic mass is 16.5. The Morgan fingerprint density at radius 1 is 1.00 bits per heavy atom. The Bertz CT molecular complexity index is 932. The molecule has 2 heterocycles. The second-order valence-electron chi connectivity index (χ2n) is 7.27. The van der Waals surface area contributed by atoms with Gasteiger partial charge in [0.15, 0.2) is 0 Å². The Balaban J connectivity index is 1.26. The van der Waals surface area contributed by atoms with Crippen molar-refractivity contribution in [3.63, 3.8) is 0 Å². The highest BCUT2D eigenvalue weighted by Gasteiger charge is 2.06. The molecule has 0 atom stereocenters. The van der Waals surface area contributed by atoms with Gasteiger partial charge in [-0.05, 0) is 61.2 Å². The fourth-order valence-electron chi connectivity index (χ4n) is 3.04. The second kappa shape index (κ2) is 12.4. The quantitative estimate of drug-likeness (QED) is 0.386. The van der Waals surface area contributed by atoms with Gasteiger partial charge in [0.25, 0.3) is 5.91 Å². The fraction of sp³-hybridized carbons (Fsp3) is 0.292. The molecule has 4 N–H and O–H groups in total. The van der Waals surface area contributed by atoms with Crippen LogP contribution in [0.1, 0.15) is 40.7 Å². The van der Waals surface area contributed by atoms with Gasteiger partial charge >= 0.3 is 0 Å². The average molecular weight is 420 g/mol. The van der Waals surface area contributed by atoms with Crippen LogP contribution in [0.4, 0.5) is 11.5 Å². The molecule has 162 valence electrons. The fourth-order valence-corrected chi connectivity index (χ4v) is 3.04. The van der Waals surface area contributed by atoms with Gasteiger partial charge in [0.05, 0.1) is 6.61 Å². The van der Waals surface area contributed by atoms with Crippen LogP contribution >= 0.6 is 0 Å². The summed E-state index contributed by atoms with van der Waals surface area (Å²) in [6.45, 7) is 3.12. The van der Waals surface area contributed by atoms with E-state index in [4.69, 9.17) is 10.5 Å². The molecule has 0 saturated carbocycles. The van der Waals surface area contributed by atoms with Gasteiger partial charge in [0.2, 0.25) is 0 Å². The normalized spacial score (nSPS) is 10.7. The summed E-state index contributed by atoms with van der Waals surface area (Å²) in [6, 6.07) is 14.9. The number of pyridine rings is 2. The first-order valence-electron chi connectivity index (χ1n) is 10.5. The van der Waals surface area contributed by atoms with E-state index in [-0.39, 0.29) is 5.91 Å². The van der Waals surface area contributed by atoms with E-state index in [1.807, 2.05) is 42.6 Å². The maximum absolute atomic E-state index is 12.3. The van der Waals surface area contributed by atoms with E-state index in [2.05, 4.69) is 20.6 Å². The van der Waals surface area contributed by atoms with E-state index in [1.165, 1.54) is 0 Å². The molecule has 0 aliphatic heterocycles. The van der Waals surface area contributed by atoms with Crippen LogP contribution in [0.3, 0.4) is 0 Å². The molecule has 3 aromatic rings. The van der Waals surface area contributed by atoms with Crippen molar-refractivity contribution in [2.45, 2.75) is 32.4 Å². The van der Waals surface area contributed by atoms with Crippen molar-refractivity contribution in [3.8, 4) is 0 Å². The number of benzene rings is 1. The zero-order valence-electron chi connectivity index (χ0n) is 17.6. The Labute approximate surface area is 183 Å². The predicted molar refractivity (Wildman–Crippen MR) is 122 cm³/mol. The molecule has 7 heteroatoms. The number of nitrogens with two attached hydrogens (primary N) is 1. The van der Waals surface area contributed by atoms with Crippen LogP contribution in [0.15, 0.2) is 67.1 Å². The summed E-state index contributed by atoms with van der Waals surface area (Å²) >= 11 is 0. The van der Waals surface area contributed by atoms with Crippen molar-refractivity contribution >= 4 is 17.4 Å². The lowest BCUT2D eigenvalue weighted by Crippen LogP contribution is -2.15. The Morgan fingerprint density at radius 2 is 1.87 bits per heavy atom. The summed E-state index contributed by atoms with van der Waals surface area (Å²) in [6.07, 6.45) is 8.44. The molecule has 0 aliphatic carbocycles. The van der Waals surface area contributed by atoms with Crippen LogP contribution in [0, 0.1) is 0 Å². The van der Waals surface area contributed by atoms with Crippen molar-refractivity contribution in [3.05, 3.63) is 83.8 Å². The van der Waals surface area contributed by atoms with Gasteiger partial charge in [-0.15, -0.1) is 0 Å². The summed E-state index contributed by atoms with van der Waals surface area (Å²) in [5, 5.41) is 6.26. The van der Waals surface area contributed by atoms with Gasteiger partial charge < -0.3 is 21.1 Å². The van der Waals surface area contributed by atoms with Crippen molar-refractivity contribution in [2.24, 2.45) is 0 Å². The van der Waals surface area contributed by atoms with Crippen molar-refractivity contribution in [1.29, 1.82) is 0 Å². The number of carbonyl (C=O) groups is 1. The standard InChI is InChI=1S/C24H29N5O2/c25-23-15-22(10-13-28-23)29-24(30)21-8-6-19(7-9-21)16-26-11-2-1-3-14-31-18-20-5-4-12-27-17-20/h4-10,12-13,15,17,26H,1-3,11,14,16,18H2,(H3,25,28,29,30). The van der Waals surface area contributed by atoms with Crippen LogP contribution in [0.5, 0.6) is 0 Å². The van der Waals surface area contributed by atoms with E-state index in [1.54, 1.807) is 24.5 Å². The number of hydrogen-bond donors (Lipinski definition) is 3. The number of aromatic nitrogens is 2. The largest absolute Gasteiger partial charge is 0.384 e. The van der Waals surface area contributed by atoms with E-state index in [0.717, 1.165) is 50.1 Å². The molecule has 31 heavy (non-hydrogen) atoms. The summed E-state index contributed by atoms with van der Waals surface area (Å²) in [7, 11) is 0. The van der Waals surface area contributed by atoms with E-state index < -0.39 is 0 Å². The highest BCUT2D eigenvalue weighted by Crippen LogP contribution is 2.12. The minimum Gasteiger partial charge on any atom is -0.384 e. The van der Waals surface area contributed by atoms with Crippen molar-refractivity contribution in [2.75, 3.05) is 24.2 Å². The molecule has 3 rings (SSSR count). The predicted octanol–water partition coefficient (Wildman–Crippen LogP) is 3.79. The number of nitrogens with one attached hydrogen (secondary N) is 2. The van der Waals surface area contributed by atoms with Crippen molar-refractivity contribution in [1.82, 2.24) is 15.3 Å². The van der Waals surface area contributed by atoms with Gasteiger partial charge in [-0.1, -0.05) is 18.2 Å². The zero-order chi connectivity index (χ0) is 21.7. The molecule has 0 saturated heterocycles. The molecule has 1 aromatic carbocycles. The molecule has 0 spiro atoms. The number of nitrogens with zero attached hydrogens (tertiary/aromatic N) is 2. The van der Waals surface area contributed by atoms with Crippen LogP contribution < -0.4 is 16.4 Å². The molecular weight excluding hydrogens is 390 g/mol. The first-order valence-corrected chi connectivity index (χ1v) is 10.5. The first-order chi connectivity index (χ1) is 15.2. The molecule has 0 bridgehead atoms. The SMILES string of the molecule is Nc1cc(NC(=O)c2ccc(CNCCCCCOCc3cccnc3)cc2)ccn1. The monoisotopic (exact) mass is 419 g/mol. The summed E-state index contributed by atoms with van der Waals surface area (Å²) in [5.74, 6) is 0.201. The summed E-state index contributed by atoms with van der Waals surface area (Å²) in [4.78, 5) is 20.3. The zero-order valence-corrected chi connectivity index (χ0v) is 17.6. The number of unbranched alkanes of at least 4 members (excludes halogenated alkanes) is 2. The highest BCUT2D eigenvalue weighted by molar-refractivity contribution is 6.04. The van der Waals surface area contributed by atoms with Crippen LogP contribution in [0.2, 0.25) is 0 Å². The van der Waals surface area contributed by atoms with Crippen LogP contribution in [-0.2, 0) is 17.9 Å². The van der Waals surface area contributed by atoms with Gasteiger partial charge in [0, 0.05) is 49.1 Å². The molecule has 1 amide bonds. The number of anilines is 2. The van der Waals surface area contributed by atoms with Gasteiger partial charge in [-0.2, -0.15) is 0 Å². The number of hydrogen-bond acceptors (Lipinski definition) is 6. The minimum atomic E-state index is -0.171. The number of nitrogen functional groups attached to an aromatic ring is 1. The van der Waals surface area contributed by atoms with E-state index in [9.17, 15) is 4.79 Å².